The van der Waals surface area contributed by atoms with E-state index in [9.17, 15) is 0 Å². The molecule has 2 nitrogen and oxygen atoms in total. The van der Waals surface area contributed by atoms with Gasteiger partial charge in [-0.15, -0.1) is 0 Å². The number of nitrogens with two attached hydrogens (primary N) is 1. The maximum atomic E-state index is 5.41. The molecule has 0 saturated heterocycles. The Labute approximate surface area is 79.4 Å². The van der Waals surface area contributed by atoms with Crippen LogP contribution >= 0.6 is 0 Å². The van der Waals surface area contributed by atoms with E-state index in [2.05, 4.69) is 24.1 Å². The first-order chi connectivity index (χ1) is 6.24. The summed E-state index contributed by atoms with van der Waals surface area (Å²) in [4.78, 5) is 0. The summed E-state index contributed by atoms with van der Waals surface area (Å²) in [5, 5.41) is 0. The van der Waals surface area contributed by atoms with Crippen LogP contribution in [-0.4, -0.2) is 6.04 Å². The third kappa shape index (κ3) is 3.01. The molecule has 2 heteroatoms. The molecule has 0 fully saturated rings. The molecule has 1 rings (SSSR count). The third-order valence-corrected chi connectivity index (χ3v) is 2.08. The SMILES string of the molecule is C=C(C)C(Cc1ccccc1)NN. The van der Waals surface area contributed by atoms with Crippen LogP contribution < -0.4 is 11.3 Å². The van der Waals surface area contributed by atoms with Crippen LogP contribution in [0.15, 0.2) is 42.5 Å². The molecular weight excluding hydrogens is 160 g/mol. The van der Waals surface area contributed by atoms with E-state index in [1.807, 2.05) is 25.1 Å². The standard InChI is InChI=1S/C11H16N2/c1-9(2)11(13-12)8-10-6-4-3-5-7-10/h3-7,11,13H,1,8,12H2,2H3. The number of hydrogen-bond donors (Lipinski definition) is 2. The molecule has 0 radical (unpaired) electrons. The zero-order valence-corrected chi connectivity index (χ0v) is 7.96. The van der Waals surface area contributed by atoms with E-state index in [1.54, 1.807) is 0 Å². The monoisotopic (exact) mass is 176 g/mol. The van der Waals surface area contributed by atoms with Crippen LogP contribution in [-0.2, 0) is 6.42 Å². The van der Waals surface area contributed by atoms with Crippen molar-refractivity contribution in [1.29, 1.82) is 0 Å². The summed E-state index contributed by atoms with van der Waals surface area (Å²) >= 11 is 0. The Kier molecular flexibility index (Phi) is 3.68. The van der Waals surface area contributed by atoms with Crippen LogP contribution in [0.3, 0.4) is 0 Å². The van der Waals surface area contributed by atoms with Gasteiger partial charge in [-0.25, -0.2) is 0 Å². The van der Waals surface area contributed by atoms with Crippen molar-refractivity contribution in [1.82, 2.24) is 5.43 Å². The first-order valence-electron chi connectivity index (χ1n) is 4.39. The average Bonchev–Trinajstić information content (AvgIpc) is 2.15. The highest BCUT2D eigenvalue weighted by atomic mass is 15.2. The molecule has 3 N–H and O–H groups in total. The molecule has 1 aromatic rings. The molecule has 0 aromatic heterocycles. The van der Waals surface area contributed by atoms with E-state index in [0.717, 1.165) is 12.0 Å². The zero-order valence-electron chi connectivity index (χ0n) is 7.96. The quantitative estimate of drug-likeness (QED) is 0.416. The molecule has 0 saturated carbocycles. The summed E-state index contributed by atoms with van der Waals surface area (Å²) in [5.41, 5.74) is 5.08. The van der Waals surface area contributed by atoms with E-state index < -0.39 is 0 Å². The van der Waals surface area contributed by atoms with Crippen molar-refractivity contribution in [2.75, 3.05) is 0 Å². The lowest BCUT2D eigenvalue weighted by Crippen LogP contribution is -2.37. The lowest BCUT2D eigenvalue weighted by molar-refractivity contribution is 0.591. The summed E-state index contributed by atoms with van der Waals surface area (Å²) in [6.45, 7) is 5.86. The normalized spacial score (nSPS) is 12.5. The van der Waals surface area contributed by atoms with Crippen molar-refractivity contribution in [2.45, 2.75) is 19.4 Å². The topological polar surface area (TPSA) is 38.0 Å². The van der Waals surface area contributed by atoms with Gasteiger partial charge in [0.05, 0.1) is 0 Å². The molecule has 0 aliphatic rings. The zero-order chi connectivity index (χ0) is 9.68. The largest absolute Gasteiger partial charge is 0.271 e. The molecule has 0 bridgehead atoms. The molecule has 0 aliphatic carbocycles. The van der Waals surface area contributed by atoms with Gasteiger partial charge in [0.25, 0.3) is 0 Å². The number of benzene rings is 1. The predicted molar refractivity (Wildman–Crippen MR) is 56.1 cm³/mol. The highest BCUT2D eigenvalue weighted by Gasteiger charge is 2.06. The molecule has 1 unspecified atom stereocenters. The average molecular weight is 176 g/mol. The van der Waals surface area contributed by atoms with E-state index in [4.69, 9.17) is 5.84 Å². The van der Waals surface area contributed by atoms with E-state index in [0.29, 0.717) is 0 Å². The minimum absolute atomic E-state index is 0.169. The van der Waals surface area contributed by atoms with Gasteiger partial charge in [0.15, 0.2) is 0 Å². The lowest BCUT2D eigenvalue weighted by atomic mass is 10.0. The minimum atomic E-state index is 0.169. The Morgan fingerprint density at radius 1 is 1.46 bits per heavy atom. The molecule has 0 heterocycles. The Hall–Kier alpha value is -1.12. The Morgan fingerprint density at radius 2 is 2.08 bits per heavy atom. The second kappa shape index (κ2) is 4.80. The first kappa shape index (κ1) is 9.96. The van der Waals surface area contributed by atoms with Crippen molar-refractivity contribution in [2.24, 2.45) is 5.84 Å². The summed E-state index contributed by atoms with van der Waals surface area (Å²) in [7, 11) is 0. The smallest absolute Gasteiger partial charge is 0.0454 e. The maximum absolute atomic E-state index is 5.41. The van der Waals surface area contributed by atoms with Gasteiger partial charge in [0, 0.05) is 6.04 Å². The molecule has 1 aromatic carbocycles. The Bertz CT molecular complexity index is 267. The van der Waals surface area contributed by atoms with Gasteiger partial charge in [-0.2, -0.15) is 0 Å². The van der Waals surface area contributed by atoms with Gasteiger partial charge in [0.2, 0.25) is 0 Å². The van der Waals surface area contributed by atoms with Crippen LogP contribution in [0.2, 0.25) is 0 Å². The van der Waals surface area contributed by atoms with Crippen LogP contribution in [0, 0.1) is 0 Å². The Balaban J connectivity index is 2.62. The minimum Gasteiger partial charge on any atom is -0.271 e. The highest BCUT2D eigenvalue weighted by molar-refractivity contribution is 5.18. The number of hydrogen-bond acceptors (Lipinski definition) is 2. The van der Waals surface area contributed by atoms with Crippen LogP contribution in [0.5, 0.6) is 0 Å². The fraction of sp³-hybridized carbons (Fsp3) is 0.273. The van der Waals surface area contributed by atoms with Crippen LogP contribution in [0.1, 0.15) is 12.5 Å². The second-order valence-electron chi connectivity index (χ2n) is 3.26. The third-order valence-electron chi connectivity index (χ3n) is 2.08. The van der Waals surface area contributed by atoms with Crippen LogP contribution in [0.4, 0.5) is 0 Å². The molecule has 1 atom stereocenters. The summed E-state index contributed by atoms with van der Waals surface area (Å²) in [5.74, 6) is 5.41. The second-order valence-corrected chi connectivity index (χ2v) is 3.26. The van der Waals surface area contributed by atoms with Gasteiger partial charge < -0.3 is 0 Å². The predicted octanol–water partition coefficient (Wildman–Crippen LogP) is 1.64. The van der Waals surface area contributed by atoms with E-state index >= 15 is 0 Å². The summed E-state index contributed by atoms with van der Waals surface area (Å²) < 4.78 is 0. The summed E-state index contributed by atoms with van der Waals surface area (Å²) in [6.07, 6.45) is 0.896. The molecule has 13 heavy (non-hydrogen) atoms. The Morgan fingerprint density at radius 3 is 2.54 bits per heavy atom. The van der Waals surface area contributed by atoms with Gasteiger partial charge in [-0.1, -0.05) is 42.5 Å². The van der Waals surface area contributed by atoms with Crippen molar-refractivity contribution in [3.05, 3.63) is 48.0 Å². The number of nitrogens with one attached hydrogen (secondary N) is 1. The van der Waals surface area contributed by atoms with Gasteiger partial charge in [-0.05, 0) is 18.9 Å². The fourth-order valence-corrected chi connectivity index (χ4v) is 1.23. The highest BCUT2D eigenvalue weighted by Crippen LogP contribution is 2.07. The van der Waals surface area contributed by atoms with Crippen LogP contribution in [0.25, 0.3) is 0 Å². The van der Waals surface area contributed by atoms with Gasteiger partial charge in [0.1, 0.15) is 0 Å². The van der Waals surface area contributed by atoms with Crippen molar-refractivity contribution in [3.63, 3.8) is 0 Å². The van der Waals surface area contributed by atoms with Crippen molar-refractivity contribution >= 4 is 0 Å². The number of rotatable bonds is 4. The van der Waals surface area contributed by atoms with Gasteiger partial charge in [-0.3, -0.25) is 11.3 Å². The van der Waals surface area contributed by atoms with E-state index in [1.165, 1.54) is 5.56 Å². The number of hydrazine groups is 1. The summed E-state index contributed by atoms with van der Waals surface area (Å²) in [6, 6.07) is 10.4. The van der Waals surface area contributed by atoms with Crippen molar-refractivity contribution in [3.8, 4) is 0 Å². The lowest BCUT2D eigenvalue weighted by Gasteiger charge is -2.15. The maximum Gasteiger partial charge on any atom is 0.0454 e. The molecular formula is C11H16N2. The molecule has 0 spiro atoms. The fourth-order valence-electron chi connectivity index (χ4n) is 1.23. The first-order valence-corrected chi connectivity index (χ1v) is 4.39. The van der Waals surface area contributed by atoms with E-state index in [-0.39, 0.29) is 6.04 Å². The molecule has 0 amide bonds. The molecule has 0 aliphatic heterocycles. The van der Waals surface area contributed by atoms with Gasteiger partial charge >= 0.3 is 0 Å². The van der Waals surface area contributed by atoms with Crippen molar-refractivity contribution < 1.29 is 0 Å². The molecule has 70 valence electrons.